The van der Waals surface area contributed by atoms with E-state index in [1.807, 2.05) is 35.8 Å². The van der Waals surface area contributed by atoms with E-state index < -0.39 is 0 Å². The highest BCUT2D eigenvalue weighted by molar-refractivity contribution is 5.81. The highest BCUT2D eigenvalue weighted by Crippen LogP contribution is 2.15. The minimum Gasteiger partial charge on any atom is -0.332 e. The first-order valence-corrected chi connectivity index (χ1v) is 7.87. The van der Waals surface area contributed by atoms with Crippen molar-refractivity contribution in [1.82, 2.24) is 28.8 Å². The Morgan fingerprint density at radius 2 is 1.92 bits per heavy atom. The molecule has 0 atom stereocenters. The molecule has 0 fully saturated rings. The summed E-state index contributed by atoms with van der Waals surface area (Å²) in [7, 11) is 1.72. The predicted octanol–water partition coefficient (Wildman–Crippen LogP) is 0.282. The minimum absolute atomic E-state index is 0.0350. The van der Waals surface area contributed by atoms with Crippen LogP contribution in [0.15, 0.2) is 29.1 Å². The van der Waals surface area contributed by atoms with Crippen LogP contribution >= 0.6 is 0 Å². The van der Waals surface area contributed by atoms with Crippen LogP contribution in [0.3, 0.4) is 0 Å². The molecule has 1 aliphatic rings. The molecule has 0 N–H and O–H groups in total. The van der Waals surface area contributed by atoms with Crippen LogP contribution in [0, 0.1) is 6.92 Å². The number of para-hydroxylation sites is 2. The molecule has 1 amide bonds. The number of hydrogen-bond acceptors (Lipinski definition) is 4. The van der Waals surface area contributed by atoms with Crippen molar-refractivity contribution in [1.29, 1.82) is 0 Å². The maximum Gasteiger partial charge on any atom is 0.329 e. The Hall–Kier alpha value is -2.90. The van der Waals surface area contributed by atoms with E-state index in [0.29, 0.717) is 19.6 Å². The van der Waals surface area contributed by atoms with E-state index in [9.17, 15) is 9.59 Å². The molecule has 124 valence electrons. The van der Waals surface area contributed by atoms with Gasteiger partial charge in [0.15, 0.2) is 5.82 Å². The van der Waals surface area contributed by atoms with Gasteiger partial charge >= 0.3 is 5.69 Å². The maximum absolute atomic E-state index is 12.7. The van der Waals surface area contributed by atoms with Gasteiger partial charge in [0.1, 0.15) is 12.4 Å². The summed E-state index contributed by atoms with van der Waals surface area (Å²) < 4.78 is 5.12. The Kier molecular flexibility index (Phi) is 3.26. The Labute approximate surface area is 137 Å². The van der Waals surface area contributed by atoms with Gasteiger partial charge in [-0.2, -0.15) is 0 Å². The summed E-state index contributed by atoms with van der Waals surface area (Å²) in [6, 6.07) is 7.49. The quantitative estimate of drug-likeness (QED) is 0.678. The van der Waals surface area contributed by atoms with Gasteiger partial charge in [0.05, 0.1) is 17.6 Å². The summed E-state index contributed by atoms with van der Waals surface area (Å²) in [6.45, 7) is 3.66. The van der Waals surface area contributed by atoms with Crippen LogP contribution < -0.4 is 5.69 Å². The van der Waals surface area contributed by atoms with Gasteiger partial charge in [-0.05, 0) is 19.1 Å². The number of fused-ring (bicyclic) bond motifs is 2. The van der Waals surface area contributed by atoms with E-state index >= 15 is 0 Å². The number of benzene rings is 1. The van der Waals surface area contributed by atoms with Crippen molar-refractivity contribution in [3.05, 3.63) is 46.4 Å². The van der Waals surface area contributed by atoms with Crippen molar-refractivity contribution >= 4 is 16.9 Å². The second kappa shape index (κ2) is 5.33. The highest BCUT2D eigenvalue weighted by atomic mass is 16.2. The van der Waals surface area contributed by atoms with Crippen molar-refractivity contribution in [2.24, 2.45) is 7.05 Å². The van der Waals surface area contributed by atoms with Crippen molar-refractivity contribution in [2.75, 3.05) is 6.54 Å². The lowest BCUT2D eigenvalue weighted by atomic mass is 10.3. The van der Waals surface area contributed by atoms with Crippen LogP contribution in [0.2, 0.25) is 0 Å². The lowest BCUT2D eigenvalue weighted by Gasteiger charge is -2.27. The number of aromatic nitrogens is 5. The zero-order valence-corrected chi connectivity index (χ0v) is 13.6. The molecule has 24 heavy (non-hydrogen) atoms. The number of imidazole rings is 1. The topological polar surface area (TPSA) is 78.0 Å². The molecular formula is C16H18N6O2. The van der Waals surface area contributed by atoms with Crippen LogP contribution in [-0.4, -0.2) is 41.3 Å². The Bertz CT molecular complexity index is 996. The fourth-order valence-corrected chi connectivity index (χ4v) is 3.27. The van der Waals surface area contributed by atoms with Gasteiger partial charge in [0, 0.05) is 20.1 Å². The SMILES string of the molecule is Cc1nnc2n1CCN(C(=O)Cn1c(=O)n(C)c3ccccc31)C2. The molecule has 0 aliphatic carbocycles. The van der Waals surface area contributed by atoms with Gasteiger partial charge in [0.25, 0.3) is 0 Å². The molecule has 0 bridgehead atoms. The fourth-order valence-electron chi connectivity index (χ4n) is 3.27. The third kappa shape index (κ3) is 2.14. The molecule has 4 rings (SSSR count). The fraction of sp³-hybridized carbons (Fsp3) is 0.375. The van der Waals surface area contributed by atoms with Crippen molar-refractivity contribution in [3.63, 3.8) is 0 Å². The molecule has 0 unspecified atom stereocenters. The molecule has 0 radical (unpaired) electrons. The average Bonchev–Trinajstić information content (AvgIpc) is 3.08. The van der Waals surface area contributed by atoms with E-state index in [0.717, 1.165) is 22.7 Å². The Morgan fingerprint density at radius 1 is 1.17 bits per heavy atom. The lowest BCUT2D eigenvalue weighted by molar-refractivity contribution is -0.133. The summed E-state index contributed by atoms with van der Waals surface area (Å²) in [5, 5.41) is 8.16. The smallest absolute Gasteiger partial charge is 0.329 e. The molecule has 0 saturated carbocycles. The minimum atomic E-state index is -0.180. The Morgan fingerprint density at radius 3 is 2.71 bits per heavy atom. The monoisotopic (exact) mass is 326 g/mol. The van der Waals surface area contributed by atoms with E-state index in [1.54, 1.807) is 16.5 Å². The molecular weight excluding hydrogens is 308 g/mol. The van der Waals surface area contributed by atoms with Crippen molar-refractivity contribution in [2.45, 2.75) is 26.6 Å². The largest absolute Gasteiger partial charge is 0.332 e. The number of hydrogen-bond donors (Lipinski definition) is 0. The standard InChI is InChI=1S/C16H18N6O2/c1-11-17-18-14-9-20(7-8-21(11)14)15(23)10-22-13-6-4-3-5-12(13)19(2)16(22)24/h3-6H,7-10H2,1-2H3. The van der Waals surface area contributed by atoms with Gasteiger partial charge in [0.2, 0.25) is 5.91 Å². The van der Waals surface area contributed by atoms with Crippen molar-refractivity contribution < 1.29 is 4.79 Å². The van der Waals surface area contributed by atoms with Crippen LogP contribution in [0.1, 0.15) is 11.6 Å². The van der Waals surface area contributed by atoms with E-state index in [1.165, 1.54) is 4.57 Å². The highest BCUT2D eigenvalue weighted by Gasteiger charge is 2.24. The number of nitrogens with zero attached hydrogens (tertiary/aromatic N) is 6. The van der Waals surface area contributed by atoms with E-state index in [2.05, 4.69) is 10.2 Å². The van der Waals surface area contributed by atoms with Gasteiger partial charge in [-0.15, -0.1) is 10.2 Å². The normalized spacial score (nSPS) is 14.2. The van der Waals surface area contributed by atoms with Crippen LogP contribution in [-0.2, 0) is 31.5 Å². The first-order chi connectivity index (χ1) is 11.6. The second-order valence-corrected chi connectivity index (χ2v) is 6.05. The zero-order chi connectivity index (χ0) is 16.8. The van der Waals surface area contributed by atoms with Crippen LogP contribution in [0.4, 0.5) is 0 Å². The molecule has 3 heterocycles. The molecule has 2 aromatic heterocycles. The third-order valence-corrected chi connectivity index (χ3v) is 4.64. The first-order valence-electron chi connectivity index (χ1n) is 7.87. The Balaban J connectivity index is 1.62. The van der Waals surface area contributed by atoms with Gasteiger partial charge < -0.3 is 9.47 Å². The molecule has 1 aliphatic heterocycles. The number of carbonyl (C=O) groups excluding carboxylic acids is 1. The third-order valence-electron chi connectivity index (χ3n) is 4.64. The average molecular weight is 326 g/mol. The number of amides is 1. The van der Waals surface area contributed by atoms with Crippen LogP contribution in [0.25, 0.3) is 11.0 Å². The van der Waals surface area contributed by atoms with Crippen molar-refractivity contribution in [3.8, 4) is 0 Å². The van der Waals surface area contributed by atoms with Gasteiger partial charge in [-0.25, -0.2) is 4.79 Å². The lowest BCUT2D eigenvalue weighted by Crippen LogP contribution is -2.41. The summed E-state index contributed by atoms with van der Waals surface area (Å²) >= 11 is 0. The first kappa shape index (κ1) is 14.7. The molecule has 8 heteroatoms. The summed E-state index contributed by atoms with van der Waals surface area (Å²) in [5.41, 5.74) is 1.42. The summed E-state index contributed by atoms with van der Waals surface area (Å²) in [5.74, 6) is 1.57. The summed E-state index contributed by atoms with van der Waals surface area (Å²) in [4.78, 5) is 26.9. The molecule has 1 aromatic carbocycles. The van der Waals surface area contributed by atoms with E-state index in [4.69, 9.17) is 0 Å². The number of rotatable bonds is 2. The second-order valence-electron chi connectivity index (χ2n) is 6.05. The maximum atomic E-state index is 12.7. The number of aryl methyl sites for hydroxylation is 2. The number of carbonyl (C=O) groups is 1. The molecule has 8 nitrogen and oxygen atoms in total. The van der Waals surface area contributed by atoms with Gasteiger partial charge in [-0.3, -0.25) is 13.9 Å². The predicted molar refractivity (Wildman–Crippen MR) is 87.4 cm³/mol. The van der Waals surface area contributed by atoms with Gasteiger partial charge in [-0.1, -0.05) is 12.1 Å². The zero-order valence-electron chi connectivity index (χ0n) is 13.6. The molecule has 0 saturated heterocycles. The summed E-state index contributed by atoms with van der Waals surface area (Å²) in [6.07, 6.45) is 0. The molecule has 0 spiro atoms. The van der Waals surface area contributed by atoms with E-state index in [-0.39, 0.29) is 18.1 Å². The molecule has 3 aromatic rings. The van der Waals surface area contributed by atoms with Crippen LogP contribution in [0.5, 0.6) is 0 Å².